The molecule has 0 saturated carbocycles. The van der Waals surface area contributed by atoms with Crippen LogP contribution in [0.15, 0.2) is 46.7 Å². The largest absolute Gasteiger partial charge is 0.339 e. The molecule has 2 heterocycles. The van der Waals surface area contributed by atoms with E-state index in [1.807, 2.05) is 17.5 Å². The maximum atomic E-state index is 13.0. The third-order valence-electron chi connectivity index (χ3n) is 5.37. The lowest BCUT2D eigenvalue weighted by molar-refractivity contribution is -0.131. The van der Waals surface area contributed by atoms with Crippen molar-refractivity contribution in [3.05, 3.63) is 52.2 Å². The van der Waals surface area contributed by atoms with Gasteiger partial charge in [0.2, 0.25) is 15.9 Å². The van der Waals surface area contributed by atoms with Gasteiger partial charge in [0.05, 0.1) is 17.0 Å². The summed E-state index contributed by atoms with van der Waals surface area (Å²) >= 11 is 1.67. The van der Waals surface area contributed by atoms with Gasteiger partial charge in [-0.3, -0.25) is 4.79 Å². The van der Waals surface area contributed by atoms with Crippen LogP contribution in [0.4, 0.5) is 0 Å². The summed E-state index contributed by atoms with van der Waals surface area (Å²) in [6.07, 6.45) is 0. The minimum Gasteiger partial charge on any atom is -0.339 e. The number of carbonyl (C=O) groups excluding carboxylic acids is 1. The first-order valence-corrected chi connectivity index (χ1v) is 12.5. The Morgan fingerprint density at radius 2 is 1.84 bits per heavy atom. The van der Waals surface area contributed by atoms with Crippen molar-refractivity contribution in [2.45, 2.75) is 31.7 Å². The van der Waals surface area contributed by atoms with Crippen LogP contribution in [0.5, 0.6) is 0 Å². The number of nitriles is 1. The fourth-order valence-corrected chi connectivity index (χ4v) is 6.30. The van der Waals surface area contributed by atoms with Crippen molar-refractivity contribution in [1.29, 1.82) is 5.26 Å². The van der Waals surface area contributed by atoms with Crippen LogP contribution in [0.25, 0.3) is 0 Å². The molecule has 1 aliphatic rings. The molecule has 0 aliphatic carbocycles. The fourth-order valence-electron chi connectivity index (χ4n) is 3.69. The summed E-state index contributed by atoms with van der Waals surface area (Å²) in [5, 5.41) is 14.7. The lowest BCUT2D eigenvalue weighted by atomic mass is 9.86. The maximum absolute atomic E-state index is 13.0. The molecule has 7 nitrogen and oxygen atoms in total. The van der Waals surface area contributed by atoms with Crippen molar-refractivity contribution in [3.8, 4) is 6.07 Å². The summed E-state index contributed by atoms with van der Waals surface area (Å²) in [6, 6.07) is 12.3. The summed E-state index contributed by atoms with van der Waals surface area (Å²) in [7, 11) is -3.77. The Labute approximate surface area is 188 Å². The highest BCUT2D eigenvalue weighted by atomic mass is 32.2. The Hall–Kier alpha value is -2.25. The molecule has 1 saturated heterocycles. The van der Waals surface area contributed by atoms with E-state index in [-0.39, 0.29) is 47.5 Å². The van der Waals surface area contributed by atoms with Crippen molar-refractivity contribution in [2.75, 3.05) is 32.7 Å². The third-order valence-corrected chi connectivity index (χ3v) is 8.26. The van der Waals surface area contributed by atoms with Crippen LogP contribution in [0, 0.1) is 16.7 Å². The van der Waals surface area contributed by atoms with Gasteiger partial charge in [0.1, 0.15) is 6.07 Å². The van der Waals surface area contributed by atoms with Crippen LogP contribution >= 0.6 is 11.3 Å². The van der Waals surface area contributed by atoms with Crippen molar-refractivity contribution in [3.63, 3.8) is 0 Å². The maximum Gasteiger partial charge on any atom is 0.244 e. The highest BCUT2D eigenvalue weighted by Gasteiger charge is 2.32. The summed E-state index contributed by atoms with van der Waals surface area (Å²) < 4.78 is 27.3. The summed E-state index contributed by atoms with van der Waals surface area (Å²) in [5.74, 6) is -0.0414. The van der Waals surface area contributed by atoms with Gasteiger partial charge in [-0.2, -0.15) is 9.57 Å². The lowest BCUT2D eigenvalue weighted by Crippen LogP contribution is -2.52. The normalized spacial score (nSPS) is 16.6. The van der Waals surface area contributed by atoms with Gasteiger partial charge >= 0.3 is 0 Å². The number of carbonyl (C=O) groups is 1. The first kappa shape index (κ1) is 23.4. The quantitative estimate of drug-likeness (QED) is 0.715. The standard InChI is InChI=1S/C22H28N4O3S2/c1-22(2,3)21(18-8-6-14-30-18)24-16-20(27)25-10-12-26(13-11-25)31(28,29)19-9-5-4-7-17(19)15-23/h4-9,14,21,24H,10-13,16H2,1-3H3. The number of thiophene rings is 1. The average molecular weight is 461 g/mol. The van der Waals surface area contributed by atoms with Crippen molar-refractivity contribution in [1.82, 2.24) is 14.5 Å². The molecular weight excluding hydrogens is 432 g/mol. The Bertz CT molecular complexity index is 1050. The molecule has 166 valence electrons. The summed E-state index contributed by atoms with van der Waals surface area (Å²) in [5.41, 5.74) is 0.0819. The zero-order valence-electron chi connectivity index (χ0n) is 18.0. The monoisotopic (exact) mass is 460 g/mol. The first-order chi connectivity index (χ1) is 14.6. The number of sulfonamides is 1. The fraction of sp³-hybridized carbons (Fsp3) is 0.455. The van der Waals surface area contributed by atoms with Crippen molar-refractivity contribution in [2.24, 2.45) is 5.41 Å². The molecule has 1 N–H and O–H groups in total. The number of nitrogens with zero attached hydrogens (tertiary/aromatic N) is 3. The van der Waals surface area contributed by atoms with Crippen LogP contribution in [0.1, 0.15) is 37.3 Å². The van der Waals surface area contributed by atoms with Crippen molar-refractivity contribution < 1.29 is 13.2 Å². The number of hydrogen-bond acceptors (Lipinski definition) is 6. The third kappa shape index (κ3) is 5.33. The molecule has 1 fully saturated rings. The predicted octanol–water partition coefficient (Wildman–Crippen LogP) is 2.83. The van der Waals surface area contributed by atoms with E-state index < -0.39 is 10.0 Å². The van der Waals surface area contributed by atoms with E-state index in [9.17, 15) is 18.5 Å². The number of benzene rings is 1. The van der Waals surface area contributed by atoms with Gasteiger partial charge in [-0.25, -0.2) is 8.42 Å². The highest BCUT2D eigenvalue weighted by Crippen LogP contribution is 2.35. The van der Waals surface area contributed by atoms with Gasteiger partial charge < -0.3 is 10.2 Å². The number of nitrogens with one attached hydrogen (secondary N) is 1. The molecular formula is C22H28N4O3S2. The minimum atomic E-state index is -3.77. The number of piperazine rings is 1. The van der Waals surface area contributed by atoms with Gasteiger partial charge in [0.15, 0.2) is 0 Å². The molecule has 3 rings (SSSR count). The van der Waals surface area contributed by atoms with Crippen LogP contribution < -0.4 is 5.32 Å². The van der Waals surface area contributed by atoms with E-state index in [4.69, 9.17) is 0 Å². The Morgan fingerprint density at radius 1 is 1.16 bits per heavy atom. The molecule has 1 atom stereocenters. The molecule has 9 heteroatoms. The average Bonchev–Trinajstić information content (AvgIpc) is 3.27. The molecule has 1 amide bonds. The van der Waals surface area contributed by atoms with Crippen LogP contribution in [-0.2, 0) is 14.8 Å². The van der Waals surface area contributed by atoms with Gasteiger partial charge in [-0.05, 0) is 29.0 Å². The number of amides is 1. The van der Waals surface area contributed by atoms with Crippen LogP contribution in [0.2, 0.25) is 0 Å². The second kappa shape index (κ2) is 9.49. The van der Waals surface area contributed by atoms with Crippen LogP contribution in [0.3, 0.4) is 0 Å². The number of hydrogen-bond donors (Lipinski definition) is 1. The van der Waals surface area contributed by atoms with Gasteiger partial charge in [0, 0.05) is 37.1 Å². The van der Waals surface area contributed by atoms with E-state index >= 15 is 0 Å². The Kier molecular flexibility index (Phi) is 7.17. The lowest BCUT2D eigenvalue weighted by Gasteiger charge is -2.35. The van der Waals surface area contributed by atoms with E-state index in [0.29, 0.717) is 13.1 Å². The SMILES string of the molecule is CC(C)(C)C(NCC(=O)N1CCN(S(=O)(=O)c2ccccc2C#N)CC1)c1cccs1. The molecule has 31 heavy (non-hydrogen) atoms. The van der Waals surface area contributed by atoms with Crippen LogP contribution in [-0.4, -0.2) is 56.3 Å². The van der Waals surface area contributed by atoms with Crippen molar-refractivity contribution >= 4 is 27.3 Å². The van der Waals surface area contributed by atoms with Gasteiger partial charge in [0.25, 0.3) is 0 Å². The second-order valence-electron chi connectivity index (χ2n) is 8.59. The smallest absolute Gasteiger partial charge is 0.244 e. The van der Waals surface area contributed by atoms with E-state index in [1.54, 1.807) is 28.4 Å². The predicted molar refractivity (Wildman–Crippen MR) is 121 cm³/mol. The zero-order chi connectivity index (χ0) is 22.6. The Balaban J connectivity index is 1.60. The molecule has 1 aliphatic heterocycles. The molecule has 0 spiro atoms. The van der Waals surface area contributed by atoms with Gasteiger partial charge in [-0.1, -0.05) is 39.0 Å². The molecule has 1 aromatic carbocycles. The molecule has 1 aromatic heterocycles. The van der Waals surface area contributed by atoms with E-state index in [1.165, 1.54) is 21.3 Å². The Morgan fingerprint density at radius 3 is 2.42 bits per heavy atom. The van der Waals surface area contributed by atoms with E-state index in [0.717, 1.165) is 0 Å². The zero-order valence-corrected chi connectivity index (χ0v) is 19.7. The molecule has 0 bridgehead atoms. The molecule has 1 unspecified atom stereocenters. The minimum absolute atomic E-state index is 0.0166. The summed E-state index contributed by atoms with van der Waals surface area (Å²) in [4.78, 5) is 15.7. The second-order valence-corrected chi connectivity index (χ2v) is 11.5. The topological polar surface area (TPSA) is 93.5 Å². The molecule has 2 aromatic rings. The molecule has 0 radical (unpaired) electrons. The first-order valence-electron chi connectivity index (χ1n) is 10.2. The number of rotatable bonds is 6. The van der Waals surface area contributed by atoms with Gasteiger partial charge in [-0.15, -0.1) is 11.3 Å². The summed E-state index contributed by atoms with van der Waals surface area (Å²) in [6.45, 7) is 7.68. The highest BCUT2D eigenvalue weighted by molar-refractivity contribution is 7.89. The van der Waals surface area contributed by atoms with E-state index in [2.05, 4.69) is 32.2 Å².